The molecule has 2 aromatic rings. The van der Waals surface area contributed by atoms with Gasteiger partial charge in [0.1, 0.15) is 0 Å². The van der Waals surface area contributed by atoms with E-state index in [4.69, 9.17) is 11.6 Å². The van der Waals surface area contributed by atoms with Gasteiger partial charge in [-0.2, -0.15) is 0 Å². The molecule has 1 heterocycles. The van der Waals surface area contributed by atoms with Gasteiger partial charge in [-0.1, -0.05) is 48.0 Å². The first-order chi connectivity index (χ1) is 10.4. The van der Waals surface area contributed by atoms with Crippen molar-refractivity contribution in [3.8, 4) is 0 Å². The third kappa shape index (κ3) is 2.21. The van der Waals surface area contributed by atoms with Crippen LogP contribution in [-0.2, 0) is 10.4 Å². The maximum absolute atomic E-state index is 12.3. The number of fused-ring (bicyclic) bond motifs is 1. The fourth-order valence-electron chi connectivity index (χ4n) is 2.67. The zero-order valence-electron chi connectivity index (χ0n) is 11.9. The van der Waals surface area contributed by atoms with Crippen LogP contribution in [0.3, 0.4) is 0 Å². The molecule has 2 aromatic carbocycles. The summed E-state index contributed by atoms with van der Waals surface area (Å²) in [5.41, 5.74) is 0.153. The Kier molecular flexibility index (Phi) is 3.51. The van der Waals surface area contributed by atoms with Gasteiger partial charge in [-0.15, -0.1) is 0 Å². The number of carbonyl (C=O) groups is 2. The van der Waals surface area contributed by atoms with E-state index in [1.54, 1.807) is 49.4 Å². The molecule has 0 radical (unpaired) electrons. The van der Waals surface area contributed by atoms with Crippen molar-refractivity contribution in [1.29, 1.82) is 0 Å². The van der Waals surface area contributed by atoms with E-state index in [1.807, 2.05) is 0 Å². The molecule has 0 aromatic heterocycles. The van der Waals surface area contributed by atoms with Crippen LogP contribution >= 0.6 is 11.6 Å². The van der Waals surface area contributed by atoms with E-state index in [2.05, 4.69) is 5.32 Å². The second kappa shape index (κ2) is 5.23. The van der Waals surface area contributed by atoms with Gasteiger partial charge in [0.15, 0.2) is 11.4 Å². The summed E-state index contributed by atoms with van der Waals surface area (Å²) in [5, 5.41) is 13.9. The SMILES string of the molecule is Cc1c(Cl)ccc2c1NC(=O)[C@@]2(O)CC(=O)c1ccccc1. The molecular weight excluding hydrogens is 302 g/mol. The van der Waals surface area contributed by atoms with Gasteiger partial charge in [0.05, 0.1) is 12.1 Å². The van der Waals surface area contributed by atoms with Crippen LogP contribution in [0.25, 0.3) is 0 Å². The fourth-order valence-corrected chi connectivity index (χ4v) is 2.82. The predicted molar refractivity (Wildman–Crippen MR) is 84.1 cm³/mol. The number of rotatable bonds is 3. The zero-order valence-corrected chi connectivity index (χ0v) is 12.6. The van der Waals surface area contributed by atoms with Gasteiger partial charge in [0, 0.05) is 16.1 Å². The first kappa shape index (κ1) is 14.8. The van der Waals surface area contributed by atoms with Crippen molar-refractivity contribution in [1.82, 2.24) is 0 Å². The smallest absolute Gasteiger partial charge is 0.261 e. The molecule has 1 aliphatic heterocycles. The van der Waals surface area contributed by atoms with E-state index in [0.29, 0.717) is 27.4 Å². The Balaban J connectivity index is 1.99. The second-order valence-corrected chi connectivity index (χ2v) is 5.78. The minimum Gasteiger partial charge on any atom is -0.375 e. The Morgan fingerprint density at radius 2 is 1.91 bits per heavy atom. The lowest BCUT2D eigenvalue weighted by Gasteiger charge is -2.20. The number of aliphatic hydroxyl groups is 1. The lowest BCUT2D eigenvalue weighted by atomic mass is 9.87. The molecule has 22 heavy (non-hydrogen) atoms. The molecule has 5 heteroatoms. The lowest BCUT2D eigenvalue weighted by molar-refractivity contribution is -0.133. The minimum absolute atomic E-state index is 0.293. The molecule has 0 bridgehead atoms. The number of amides is 1. The third-order valence-corrected chi connectivity index (χ3v) is 4.38. The van der Waals surface area contributed by atoms with Crippen molar-refractivity contribution >= 4 is 29.0 Å². The van der Waals surface area contributed by atoms with E-state index >= 15 is 0 Å². The van der Waals surface area contributed by atoms with Crippen LogP contribution in [-0.4, -0.2) is 16.8 Å². The van der Waals surface area contributed by atoms with E-state index in [9.17, 15) is 14.7 Å². The summed E-state index contributed by atoms with van der Waals surface area (Å²) in [6, 6.07) is 11.8. The second-order valence-electron chi connectivity index (χ2n) is 5.38. The Bertz CT molecular complexity index is 773. The Morgan fingerprint density at radius 3 is 2.59 bits per heavy atom. The number of anilines is 1. The lowest BCUT2D eigenvalue weighted by Crippen LogP contribution is -2.36. The molecule has 0 spiro atoms. The molecule has 0 aliphatic carbocycles. The van der Waals surface area contributed by atoms with E-state index < -0.39 is 11.5 Å². The largest absolute Gasteiger partial charge is 0.375 e. The van der Waals surface area contributed by atoms with Gasteiger partial charge >= 0.3 is 0 Å². The van der Waals surface area contributed by atoms with Crippen molar-refractivity contribution in [2.45, 2.75) is 18.9 Å². The van der Waals surface area contributed by atoms with Crippen LogP contribution in [0.5, 0.6) is 0 Å². The van der Waals surface area contributed by atoms with Gasteiger partial charge in [0.2, 0.25) is 0 Å². The number of ketones is 1. The van der Waals surface area contributed by atoms with Crippen LogP contribution in [0, 0.1) is 6.92 Å². The first-order valence-electron chi connectivity index (χ1n) is 6.85. The first-order valence-corrected chi connectivity index (χ1v) is 7.23. The summed E-state index contributed by atoms with van der Waals surface area (Å²) in [4.78, 5) is 24.6. The van der Waals surface area contributed by atoms with Crippen molar-refractivity contribution in [3.63, 3.8) is 0 Å². The molecule has 0 saturated carbocycles. The van der Waals surface area contributed by atoms with Gasteiger partial charge < -0.3 is 10.4 Å². The van der Waals surface area contributed by atoms with E-state index in [-0.39, 0.29) is 12.2 Å². The van der Waals surface area contributed by atoms with Crippen LogP contribution in [0.15, 0.2) is 42.5 Å². The average Bonchev–Trinajstić information content (AvgIpc) is 2.76. The van der Waals surface area contributed by atoms with Crippen LogP contribution < -0.4 is 5.32 Å². The Labute approximate surface area is 132 Å². The maximum Gasteiger partial charge on any atom is 0.261 e. The summed E-state index contributed by atoms with van der Waals surface area (Å²) < 4.78 is 0. The van der Waals surface area contributed by atoms with E-state index in [1.165, 1.54) is 0 Å². The number of carbonyl (C=O) groups excluding carboxylic acids is 2. The highest BCUT2D eigenvalue weighted by atomic mass is 35.5. The molecule has 0 unspecified atom stereocenters. The molecule has 1 amide bonds. The monoisotopic (exact) mass is 315 g/mol. The highest BCUT2D eigenvalue weighted by Crippen LogP contribution is 2.42. The topological polar surface area (TPSA) is 66.4 Å². The van der Waals surface area contributed by atoms with Gasteiger partial charge in [0.25, 0.3) is 5.91 Å². The molecule has 1 aliphatic rings. The summed E-state index contributed by atoms with van der Waals surface area (Å²) >= 11 is 6.03. The molecule has 4 nitrogen and oxygen atoms in total. The highest BCUT2D eigenvalue weighted by Gasteiger charge is 2.47. The number of Topliss-reactive ketones (excluding diaryl/α,β-unsaturated/α-hetero) is 1. The summed E-state index contributed by atoms with van der Waals surface area (Å²) in [7, 11) is 0. The number of halogens is 1. The highest BCUT2D eigenvalue weighted by molar-refractivity contribution is 6.32. The molecule has 112 valence electrons. The quantitative estimate of drug-likeness (QED) is 0.855. The molecule has 3 rings (SSSR count). The summed E-state index contributed by atoms with van der Waals surface area (Å²) in [5.74, 6) is -0.893. The van der Waals surface area contributed by atoms with Crippen LogP contribution in [0.1, 0.15) is 27.9 Å². The summed E-state index contributed by atoms with van der Waals surface area (Å²) in [6.07, 6.45) is -0.309. The van der Waals surface area contributed by atoms with Gasteiger partial charge in [-0.25, -0.2) is 0 Å². The Morgan fingerprint density at radius 1 is 1.23 bits per heavy atom. The normalized spacial score (nSPS) is 19.7. The molecule has 2 N–H and O–H groups in total. The minimum atomic E-state index is -1.86. The average molecular weight is 316 g/mol. The van der Waals surface area contributed by atoms with Gasteiger partial charge in [-0.05, 0) is 18.6 Å². The third-order valence-electron chi connectivity index (χ3n) is 3.97. The summed E-state index contributed by atoms with van der Waals surface area (Å²) in [6.45, 7) is 1.76. The zero-order chi connectivity index (χ0) is 15.9. The van der Waals surface area contributed by atoms with Crippen molar-refractivity contribution in [2.24, 2.45) is 0 Å². The molecule has 0 saturated heterocycles. The van der Waals surface area contributed by atoms with Crippen LogP contribution in [0.4, 0.5) is 5.69 Å². The predicted octanol–water partition coefficient (Wildman–Crippen LogP) is 3.06. The van der Waals surface area contributed by atoms with Crippen LogP contribution in [0.2, 0.25) is 5.02 Å². The van der Waals surface area contributed by atoms with Crippen molar-refractivity contribution in [3.05, 3.63) is 64.2 Å². The van der Waals surface area contributed by atoms with Crippen molar-refractivity contribution in [2.75, 3.05) is 5.32 Å². The number of hydrogen-bond acceptors (Lipinski definition) is 3. The van der Waals surface area contributed by atoms with Crippen molar-refractivity contribution < 1.29 is 14.7 Å². The number of benzene rings is 2. The fraction of sp³-hybridized carbons (Fsp3) is 0.176. The molecule has 0 fully saturated rings. The number of hydrogen-bond donors (Lipinski definition) is 2. The molecular formula is C17H14ClNO3. The van der Waals surface area contributed by atoms with Gasteiger partial charge in [-0.3, -0.25) is 9.59 Å². The standard InChI is InChI=1S/C17H14ClNO3/c1-10-13(18)8-7-12-15(10)19-16(21)17(12,22)9-14(20)11-5-3-2-4-6-11/h2-8,22H,9H2,1H3,(H,19,21)/t17-/m1/s1. The Hall–Kier alpha value is -2.17. The maximum atomic E-state index is 12.3. The molecule has 1 atom stereocenters. The number of nitrogens with one attached hydrogen (secondary N) is 1. The van der Waals surface area contributed by atoms with E-state index in [0.717, 1.165) is 0 Å².